The van der Waals surface area contributed by atoms with Crippen molar-refractivity contribution in [3.63, 3.8) is 0 Å². The molecule has 0 saturated heterocycles. The van der Waals surface area contributed by atoms with Crippen LogP contribution in [0.5, 0.6) is 0 Å². The van der Waals surface area contributed by atoms with Crippen LogP contribution in [0, 0.1) is 0 Å². The molecule has 0 aliphatic rings. The minimum atomic E-state index is -0.249. The molecule has 1 aromatic rings. The minimum absolute atomic E-state index is 0. The van der Waals surface area contributed by atoms with E-state index in [1.807, 2.05) is 6.92 Å². The summed E-state index contributed by atoms with van der Waals surface area (Å²) in [5.41, 5.74) is 5.74. The first kappa shape index (κ1) is 14.2. The summed E-state index contributed by atoms with van der Waals surface area (Å²) in [5.74, 6) is -0.249. The zero-order valence-electron chi connectivity index (χ0n) is 8.24. The molecule has 0 bridgehead atoms. The van der Waals surface area contributed by atoms with Gasteiger partial charge in [0.05, 0.1) is 5.56 Å². The van der Waals surface area contributed by atoms with Crippen LogP contribution in [0.1, 0.15) is 17.3 Å². The fourth-order valence-electron chi connectivity index (χ4n) is 0.916. The summed E-state index contributed by atoms with van der Waals surface area (Å²) in [4.78, 5) is 15.4. The Morgan fingerprint density at radius 3 is 2.93 bits per heavy atom. The number of hydrogen-bond acceptors (Lipinski definition) is 3. The monoisotopic (exact) mass is 249 g/mol. The van der Waals surface area contributed by atoms with E-state index in [9.17, 15) is 4.79 Å². The molecule has 1 amide bonds. The Hall–Kier alpha value is -0.840. The van der Waals surface area contributed by atoms with Crippen LogP contribution in [-0.2, 0) is 0 Å². The molecule has 1 rings (SSSR count). The lowest BCUT2D eigenvalue weighted by molar-refractivity contribution is 0.0941. The lowest BCUT2D eigenvalue weighted by Gasteiger charge is -2.11. The van der Waals surface area contributed by atoms with E-state index < -0.39 is 0 Å². The van der Waals surface area contributed by atoms with Gasteiger partial charge in [-0.15, -0.1) is 12.4 Å². The van der Waals surface area contributed by atoms with E-state index in [0.717, 1.165) is 0 Å². The molecule has 0 spiro atoms. The van der Waals surface area contributed by atoms with Gasteiger partial charge in [-0.25, -0.2) is 4.98 Å². The number of aromatic nitrogens is 1. The average Bonchev–Trinajstić information content (AvgIpc) is 2.18. The quantitative estimate of drug-likeness (QED) is 0.793. The molecule has 0 saturated carbocycles. The van der Waals surface area contributed by atoms with Gasteiger partial charge in [0.2, 0.25) is 0 Å². The van der Waals surface area contributed by atoms with Crippen molar-refractivity contribution in [2.24, 2.45) is 5.73 Å². The molecule has 15 heavy (non-hydrogen) atoms. The predicted octanol–water partition coefficient (Wildman–Crippen LogP) is 1.23. The highest BCUT2D eigenvalue weighted by molar-refractivity contribution is 6.32. The van der Waals surface area contributed by atoms with Gasteiger partial charge in [-0.3, -0.25) is 4.79 Å². The molecule has 0 aliphatic heterocycles. The highest BCUT2D eigenvalue weighted by Crippen LogP contribution is 2.10. The molecule has 6 heteroatoms. The molecule has 3 N–H and O–H groups in total. The average molecular weight is 250 g/mol. The van der Waals surface area contributed by atoms with Gasteiger partial charge in [-0.05, 0) is 19.1 Å². The first-order valence-corrected chi connectivity index (χ1v) is 4.64. The van der Waals surface area contributed by atoms with E-state index >= 15 is 0 Å². The van der Waals surface area contributed by atoms with Gasteiger partial charge in [-0.2, -0.15) is 0 Å². The van der Waals surface area contributed by atoms with Crippen LogP contribution in [0.15, 0.2) is 18.3 Å². The SMILES string of the molecule is C[C@@H](CN)NC(=O)c1cccnc1Cl.Cl. The normalized spacial score (nSPS) is 11.4. The Morgan fingerprint density at radius 2 is 2.40 bits per heavy atom. The van der Waals surface area contributed by atoms with Crippen molar-refractivity contribution >= 4 is 29.9 Å². The molecule has 0 radical (unpaired) electrons. The Kier molecular flexibility index (Phi) is 6.24. The van der Waals surface area contributed by atoms with Gasteiger partial charge in [0, 0.05) is 18.8 Å². The first-order chi connectivity index (χ1) is 6.65. The van der Waals surface area contributed by atoms with E-state index in [4.69, 9.17) is 17.3 Å². The van der Waals surface area contributed by atoms with Crippen LogP contribution < -0.4 is 11.1 Å². The maximum atomic E-state index is 11.5. The molecule has 0 fully saturated rings. The highest BCUT2D eigenvalue weighted by Gasteiger charge is 2.11. The smallest absolute Gasteiger partial charge is 0.254 e. The number of carbonyl (C=O) groups excluding carboxylic acids is 1. The largest absolute Gasteiger partial charge is 0.348 e. The second kappa shape index (κ2) is 6.61. The number of rotatable bonds is 3. The number of nitrogens with two attached hydrogens (primary N) is 1. The van der Waals surface area contributed by atoms with Crippen molar-refractivity contribution in [1.82, 2.24) is 10.3 Å². The molecule has 1 atom stereocenters. The summed E-state index contributed by atoms with van der Waals surface area (Å²) >= 11 is 5.74. The number of carbonyl (C=O) groups is 1. The molecule has 84 valence electrons. The zero-order valence-corrected chi connectivity index (χ0v) is 9.81. The van der Waals surface area contributed by atoms with Crippen molar-refractivity contribution in [3.8, 4) is 0 Å². The topological polar surface area (TPSA) is 68.0 Å². The zero-order chi connectivity index (χ0) is 10.6. The van der Waals surface area contributed by atoms with Crippen LogP contribution in [0.2, 0.25) is 5.15 Å². The summed E-state index contributed by atoms with van der Waals surface area (Å²) in [6.45, 7) is 2.21. The Balaban J connectivity index is 0.00000196. The third kappa shape index (κ3) is 4.03. The predicted molar refractivity (Wildman–Crippen MR) is 62.5 cm³/mol. The summed E-state index contributed by atoms with van der Waals surface area (Å²) < 4.78 is 0. The van der Waals surface area contributed by atoms with Crippen LogP contribution in [0.25, 0.3) is 0 Å². The maximum Gasteiger partial charge on any atom is 0.254 e. The van der Waals surface area contributed by atoms with Gasteiger partial charge >= 0.3 is 0 Å². The van der Waals surface area contributed by atoms with Crippen molar-refractivity contribution < 1.29 is 4.79 Å². The summed E-state index contributed by atoms with van der Waals surface area (Å²) in [6.07, 6.45) is 1.53. The molecule has 0 aromatic carbocycles. The Labute approximate surface area is 99.6 Å². The number of nitrogens with one attached hydrogen (secondary N) is 1. The van der Waals surface area contributed by atoms with Gasteiger partial charge in [-0.1, -0.05) is 11.6 Å². The molecule has 1 heterocycles. The van der Waals surface area contributed by atoms with E-state index in [1.165, 1.54) is 6.20 Å². The van der Waals surface area contributed by atoms with Crippen molar-refractivity contribution in [1.29, 1.82) is 0 Å². The van der Waals surface area contributed by atoms with E-state index in [0.29, 0.717) is 12.1 Å². The molecule has 1 aromatic heterocycles. The van der Waals surface area contributed by atoms with Gasteiger partial charge in [0.15, 0.2) is 0 Å². The van der Waals surface area contributed by atoms with Crippen LogP contribution in [0.4, 0.5) is 0 Å². The van der Waals surface area contributed by atoms with Crippen molar-refractivity contribution in [2.45, 2.75) is 13.0 Å². The summed E-state index contributed by atoms with van der Waals surface area (Å²) in [7, 11) is 0. The molecule has 0 unspecified atom stereocenters. The standard InChI is InChI=1S/C9H12ClN3O.ClH/c1-6(5-11)13-9(14)7-3-2-4-12-8(7)10;/h2-4,6H,5,11H2,1H3,(H,13,14);1H/t6-;/m0./s1. The summed E-state index contributed by atoms with van der Waals surface area (Å²) in [5, 5.41) is 2.90. The molecular formula is C9H13Cl2N3O. The lowest BCUT2D eigenvalue weighted by atomic mass is 10.2. The number of hydrogen-bond donors (Lipinski definition) is 2. The Bertz CT molecular complexity index is 333. The number of amides is 1. The third-order valence-corrected chi connectivity index (χ3v) is 2.04. The first-order valence-electron chi connectivity index (χ1n) is 4.26. The van der Waals surface area contributed by atoms with Crippen LogP contribution >= 0.6 is 24.0 Å². The summed E-state index contributed by atoms with van der Waals surface area (Å²) in [6, 6.07) is 3.21. The van der Waals surface area contributed by atoms with E-state index in [-0.39, 0.29) is 29.5 Å². The highest BCUT2D eigenvalue weighted by atomic mass is 35.5. The third-order valence-electron chi connectivity index (χ3n) is 1.73. The second-order valence-electron chi connectivity index (χ2n) is 2.95. The Morgan fingerprint density at radius 1 is 1.73 bits per heavy atom. The van der Waals surface area contributed by atoms with Crippen LogP contribution in [-0.4, -0.2) is 23.5 Å². The fourth-order valence-corrected chi connectivity index (χ4v) is 1.12. The number of nitrogens with zero attached hydrogens (tertiary/aromatic N) is 1. The minimum Gasteiger partial charge on any atom is -0.348 e. The molecular weight excluding hydrogens is 237 g/mol. The molecule has 4 nitrogen and oxygen atoms in total. The van der Waals surface area contributed by atoms with Crippen molar-refractivity contribution in [2.75, 3.05) is 6.54 Å². The fraction of sp³-hybridized carbons (Fsp3) is 0.333. The van der Waals surface area contributed by atoms with Gasteiger partial charge < -0.3 is 11.1 Å². The number of halogens is 2. The van der Waals surface area contributed by atoms with Crippen molar-refractivity contribution in [3.05, 3.63) is 29.0 Å². The second-order valence-corrected chi connectivity index (χ2v) is 3.31. The molecule has 0 aliphatic carbocycles. The lowest BCUT2D eigenvalue weighted by Crippen LogP contribution is -2.37. The van der Waals surface area contributed by atoms with Gasteiger partial charge in [0.1, 0.15) is 5.15 Å². The van der Waals surface area contributed by atoms with Crippen LogP contribution in [0.3, 0.4) is 0 Å². The number of pyridine rings is 1. The van der Waals surface area contributed by atoms with E-state index in [2.05, 4.69) is 10.3 Å². The van der Waals surface area contributed by atoms with E-state index in [1.54, 1.807) is 12.1 Å². The van der Waals surface area contributed by atoms with Gasteiger partial charge in [0.25, 0.3) is 5.91 Å². The maximum absolute atomic E-state index is 11.5.